The number of morpholine rings is 1. The lowest BCUT2D eigenvalue weighted by Gasteiger charge is -2.27. The van der Waals surface area contributed by atoms with Gasteiger partial charge in [0.1, 0.15) is 11.4 Å². The zero-order chi connectivity index (χ0) is 34.1. The monoisotopic (exact) mass is 654 g/mol. The molecule has 0 unspecified atom stereocenters. The van der Waals surface area contributed by atoms with Crippen molar-refractivity contribution in [2.75, 3.05) is 51.3 Å². The van der Waals surface area contributed by atoms with Crippen LogP contribution in [0.15, 0.2) is 24.3 Å². The van der Waals surface area contributed by atoms with Crippen molar-refractivity contribution < 1.29 is 38.2 Å². The number of rotatable bonds is 17. The Balaban J connectivity index is 1.47. The zero-order valence-electron chi connectivity index (χ0n) is 28.2. The van der Waals surface area contributed by atoms with Crippen LogP contribution in [0.3, 0.4) is 0 Å². The van der Waals surface area contributed by atoms with Crippen molar-refractivity contribution in [2.45, 2.75) is 90.3 Å². The first-order chi connectivity index (χ1) is 22.3. The third-order valence-corrected chi connectivity index (χ3v) is 9.08. The van der Waals surface area contributed by atoms with Crippen molar-refractivity contribution in [3.63, 3.8) is 0 Å². The first-order valence-corrected chi connectivity index (χ1v) is 16.8. The molecule has 3 amide bonds. The summed E-state index contributed by atoms with van der Waals surface area (Å²) in [6, 6.07) is 5.77. The molecule has 3 aliphatic rings. The van der Waals surface area contributed by atoms with Gasteiger partial charge < -0.3 is 29.8 Å². The van der Waals surface area contributed by atoms with Gasteiger partial charge in [-0.1, -0.05) is 26.0 Å². The molecule has 12 heteroatoms. The van der Waals surface area contributed by atoms with Crippen molar-refractivity contribution in [2.24, 2.45) is 11.8 Å². The highest BCUT2D eigenvalue weighted by Gasteiger charge is 2.50. The van der Waals surface area contributed by atoms with Crippen LogP contribution in [0.2, 0.25) is 0 Å². The predicted molar refractivity (Wildman–Crippen MR) is 175 cm³/mol. The van der Waals surface area contributed by atoms with Crippen molar-refractivity contribution in [3.05, 3.63) is 29.8 Å². The van der Waals surface area contributed by atoms with E-state index < -0.39 is 29.5 Å². The number of hydrogen-bond acceptors (Lipinski definition) is 9. The van der Waals surface area contributed by atoms with Crippen LogP contribution in [-0.2, 0) is 44.7 Å². The highest BCUT2D eigenvalue weighted by atomic mass is 16.6. The summed E-state index contributed by atoms with van der Waals surface area (Å²) in [4.78, 5) is 81.4. The Morgan fingerprint density at radius 3 is 2.30 bits per heavy atom. The minimum absolute atomic E-state index is 0.0538. The highest BCUT2D eigenvalue weighted by Crippen LogP contribution is 2.30. The van der Waals surface area contributed by atoms with Gasteiger partial charge in [0.2, 0.25) is 17.7 Å². The average molecular weight is 655 g/mol. The summed E-state index contributed by atoms with van der Waals surface area (Å²) in [5, 5.41) is 5.85. The van der Waals surface area contributed by atoms with Gasteiger partial charge in [-0.05, 0) is 63.1 Å². The van der Waals surface area contributed by atoms with Crippen LogP contribution >= 0.6 is 0 Å². The van der Waals surface area contributed by atoms with E-state index in [0.717, 1.165) is 5.56 Å². The van der Waals surface area contributed by atoms with E-state index in [2.05, 4.69) is 10.6 Å². The van der Waals surface area contributed by atoms with E-state index in [0.29, 0.717) is 64.4 Å². The van der Waals surface area contributed by atoms with Gasteiger partial charge in [0.25, 0.3) is 0 Å². The molecule has 3 fully saturated rings. The predicted octanol–water partition coefficient (Wildman–Crippen LogP) is 2.32. The molecule has 258 valence electrons. The Morgan fingerprint density at radius 2 is 1.68 bits per heavy atom. The maximum Gasteiger partial charge on any atom is 0.238 e. The third-order valence-electron chi connectivity index (χ3n) is 9.08. The topological polar surface area (TPSA) is 155 Å². The molecule has 2 N–H and O–H groups in total. The van der Waals surface area contributed by atoms with E-state index in [4.69, 9.17) is 9.47 Å². The molecule has 4 atom stereocenters. The number of epoxide rings is 1. The molecule has 3 saturated heterocycles. The standard InChI is InChI=1S/C35H50N4O8/c1-23(2)18-28(33(44)35(4)22-47-35)37-34(45)26(20-30(41)29-6-5-13-39(29)32(43)12-7-24(3)40)19-25-8-10-27(11-9-25)36-31(42)21-38-14-16-46-17-15-38/h8-11,23,26,28-29H,5-7,12-22H2,1-4H3,(H,36,42)(H,37,45)/t26-,28+,29+,35-/m1/s1. The molecule has 3 heterocycles. The molecular weight excluding hydrogens is 604 g/mol. The van der Waals surface area contributed by atoms with Crippen LogP contribution in [0.1, 0.15) is 71.8 Å². The fourth-order valence-electron chi connectivity index (χ4n) is 6.25. The van der Waals surface area contributed by atoms with E-state index in [1.807, 2.05) is 30.9 Å². The summed E-state index contributed by atoms with van der Waals surface area (Å²) in [5.74, 6) is -1.91. The smallest absolute Gasteiger partial charge is 0.238 e. The second-order valence-corrected chi connectivity index (χ2v) is 13.7. The second-order valence-electron chi connectivity index (χ2n) is 13.7. The summed E-state index contributed by atoms with van der Waals surface area (Å²) < 4.78 is 10.7. The lowest BCUT2D eigenvalue weighted by molar-refractivity contribution is -0.139. The van der Waals surface area contributed by atoms with Gasteiger partial charge in [-0.3, -0.25) is 28.9 Å². The van der Waals surface area contributed by atoms with Gasteiger partial charge in [0.05, 0.1) is 38.4 Å². The Bertz CT molecular complexity index is 1300. The molecule has 1 aromatic rings. The molecule has 0 radical (unpaired) electrons. The van der Waals surface area contributed by atoms with E-state index >= 15 is 0 Å². The number of carbonyl (C=O) groups is 6. The lowest BCUT2D eigenvalue weighted by Crippen LogP contribution is -2.49. The van der Waals surface area contributed by atoms with Crippen LogP contribution in [-0.4, -0.2) is 109 Å². The summed E-state index contributed by atoms with van der Waals surface area (Å²) in [5.41, 5.74) is 0.495. The van der Waals surface area contributed by atoms with Gasteiger partial charge in [-0.2, -0.15) is 0 Å². The summed E-state index contributed by atoms with van der Waals surface area (Å²) in [7, 11) is 0. The van der Waals surface area contributed by atoms with Crippen LogP contribution in [0, 0.1) is 11.8 Å². The molecule has 0 bridgehead atoms. The number of benzene rings is 1. The Labute approximate surface area is 277 Å². The minimum Gasteiger partial charge on any atom is -0.379 e. The number of ether oxygens (including phenoxy) is 2. The molecule has 1 aromatic carbocycles. The van der Waals surface area contributed by atoms with Gasteiger partial charge >= 0.3 is 0 Å². The summed E-state index contributed by atoms with van der Waals surface area (Å²) in [6.07, 6.45) is 1.90. The molecule has 4 rings (SSSR count). The molecule has 12 nitrogen and oxygen atoms in total. The Kier molecular flexibility index (Phi) is 12.8. The molecule has 0 saturated carbocycles. The van der Waals surface area contributed by atoms with E-state index in [1.54, 1.807) is 24.0 Å². The van der Waals surface area contributed by atoms with E-state index in [1.165, 1.54) is 6.92 Å². The summed E-state index contributed by atoms with van der Waals surface area (Å²) in [6.45, 7) is 10.7. The maximum atomic E-state index is 13.9. The number of carbonyl (C=O) groups excluding carboxylic acids is 6. The number of hydrogen-bond donors (Lipinski definition) is 2. The quantitative estimate of drug-likeness (QED) is 0.241. The molecule has 0 spiro atoms. The Morgan fingerprint density at radius 1 is 1.00 bits per heavy atom. The first-order valence-electron chi connectivity index (χ1n) is 16.8. The second kappa shape index (κ2) is 16.6. The minimum atomic E-state index is -0.912. The van der Waals surface area contributed by atoms with E-state index in [9.17, 15) is 28.8 Å². The number of likely N-dealkylation sites (tertiary alicyclic amines) is 1. The van der Waals surface area contributed by atoms with Crippen molar-refractivity contribution >= 4 is 40.8 Å². The van der Waals surface area contributed by atoms with E-state index in [-0.39, 0.29) is 67.3 Å². The van der Waals surface area contributed by atoms with Gasteiger partial charge in [-0.25, -0.2) is 0 Å². The van der Waals surface area contributed by atoms with Gasteiger partial charge in [0.15, 0.2) is 11.6 Å². The molecule has 3 aliphatic heterocycles. The van der Waals surface area contributed by atoms with Crippen LogP contribution in [0.5, 0.6) is 0 Å². The number of amides is 3. The average Bonchev–Trinajstić information content (AvgIpc) is 3.58. The number of nitrogens with zero attached hydrogens (tertiary/aromatic N) is 2. The van der Waals surface area contributed by atoms with Gasteiger partial charge in [0, 0.05) is 50.5 Å². The number of anilines is 1. The fraction of sp³-hybridized carbons (Fsp3) is 0.657. The SMILES string of the molecule is CC(=O)CCC(=O)N1CCC[C@H]1C(=O)C[C@@H](Cc1ccc(NC(=O)CN2CCOCC2)cc1)C(=O)N[C@@H](CC(C)C)C(=O)[C@@]1(C)CO1. The summed E-state index contributed by atoms with van der Waals surface area (Å²) >= 11 is 0. The van der Waals surface area contributed by atoms with Gasteiger partial charge in [-0.15, -0.1) is 0 Å². The fourth-order valence-corrected chi connectivity index (χ4v) is 6.25. The zero-order valence-corrected chi connectivity index (χ0v) is 28.2. The van der Waals surface area contributed by atoms with Crippen LogP contribution < -0.4 is 10.6 Å². The van der Waals surface area contributed by atoms with Crippen LogP contribution in [0.25, 0.3) is 0 Å². The number of Topliss-reactive ketones (excluding diaryl/α,β-unsaturated/α-hetero) is 3. The van der Waals surface area contributed by atoms with Crippen molar-refractivity contribution in [1.82, 2.24) is 15.1 Å². The molecule has 47 heavy (non-hydrogen) atoms. The number of ketones is 3. The van der Waals surface area contributed by atoms with Crippen molar-refractivity contribution in [3.8, 4) is 0 Å². The largest absolute Gasteiger partial charge is 0.379 e. The van der Waals surface area contributed by atoms with Crippen LogP contribution in [0.4, 0.5) is 5.69 Å². The Hall–Kier alpha value is -3.48. The molecule has 0 aliphatic carbocycles. The number of nitrogens with one attached hydrogen (secondary N) is 2. The molecule has 0 aromatic heterocycles. The van der Waals surface area contributed by atoms with Crippen molar-refractivity contribution in [1.29, 1.82) is 0 Å². The molecular formula is C35H50N4O8. The third kappa shape index (κ3) is 10.8. The maximum absolute atomic E-state index is 13.9. The first kappa shape index (κ1) is 36.4. The normalized spacial score (nSPS) is 22.4. The highest BCUT2D eigenvalue weighted by molar-refractivity contribution is 5.98. The lowest BCUT2D eigenvalue weighted by atomic mass is 9.88.